The van der Waals surface area contributed by atoms with Crippen LogP contribution in [0.25, 0.3) is 0 Å². The SMILES string of the molecule is CC(NC1C(C)(C)C1(C)C)c1ccc(OC(F)F)cc1. The zero-order valence-corrected chi connectivity index (χ0v) is 12.7. The van der Waals surface area contributed by atoms with Crippen LogP contribution < -0.4 is 10.1 Å². The summed E-state index contributed by atoms with van der Waals surface area (Å²) in [6.07, 6.45) is 0. The highest BCUT2D eigenvalue weighted by atomic mass is 19.3. The Morgan fingerprint density at radius 2 is 1.55 bits per heavy atom. The predicted molar refractivity (Wildman–Crippen MR) is 76.0 cm³/mol. The summed E-state index contributed by atoms with van der Waals surface area (Å²) in [4.78, 5) is 0. The van der Waals surface area contributed by atoms with Gasteiger partial charge in [-0.2, -0.15) is 8.78 Å². The third-order valence-electron chi connectivity index (χ3n) is 5.04. The molecule has 0 saturated heterocycles. The smallest absolute Gasteiger partial charge is 0.387 e. The highest BCUT2D eigenvalue weighted by Gasteiger charge is 2.64. The number of hydrogen-bond donors (Lipinski definition) is 1. The van der Waals surface area contributed by atoms with E-state index in [1.54, 1.807) is 12.1 Å². The highest BCUT2D eigenvalue weighted by molar-refractivity contribution is 5.30. The summed E-state index contributed by atoms with van der Waals surface area (Å²) in [5.41, 5.74) is 1.63. The minimum Gasteiger partial charge on any atom is -0.435 e. The first-order chi connectivity index (χ1) is 9.16. The van der Waals surface area contributed by atoms with E-state index in [1.165, 1.54) is 0 Å². The number of ether oxygens (including phenoxy) is 1. The first-order valence-electron chi connectivity index (χ1n) is 6.97. The third-order valence-corrected chi connectivity index (χ3v) is 5.04. The fourth-order valence-electron chi connectivity index (χ4n) is 2.90. The Kier molecular flexibility index (Phi) is 3.80. The fourth-order valence-corrected chi connectivity index (χ4v) is 2.90. The normalized spacial score (nSPS) is 21.8. The van der Waals surface area contributed by atoms with Gasteiger partial charge in [-0.3, -0.25) is 0 Å². The van der Waals surface area contributed by atoms with E-state index in [9.17, 15) is 8.78 Å². The van der Waals surface area contributed by atoms with Gasteiger partial charge in [0.15, 0.2) is 0 Å². The molecule has 0 radical (unpaired) electrons. The molecule has 112 valence electrons. The van der Waals surface area contributed by atoms with Crippen LogP contribution >= 0.6 is 0 Å². The van der Waals surface area contributed by atoms with Crippen molar-refractivity contribution in [1.82, 2.24) is 5.32 Å². The van der Waals surface area contributed by atoms with Gasteiger partial charge in [0.05, 0.1) is 0 Å². The molecule has 1 aromatic rings. The molecule has 0 spiro atoms. The highest BCUT2D eigenvalue weighted by Crippen LogP contribution is 2.63. The van der Waals surface area contributed by atoms with Gasteiger partial charge < -0.3 is 10.1 Å². The van der Waals surface area contributed by atoms with Crippen molar-refractivity contribution in [3.63, 3.8) is 0 Å². The number of alkyl halides is 2. The number of rotatable bonds is 5. The molecule has 2 rings (SSSR count). The summed E-state index contributed by atoms with van der Waals surface area (Å²) in [6.45, 7) is 8.36. The molecule has 0 bridgehead atoms. The maximum absolute atomic E-state index is 12.1. The molecule has 1 unspecified atom stereocenters. The van der Waals surface area contributed by atoms with Gasteiger partial charge in [-0.25, -0.2) is 0 Å². The van der Waals surface area contributed by atoms with E-state index in [2.05, 4.69) is 44.7 Å². The Hall–Kier alpha value is -1.16. The van der Waals surface area contributed by atoms with Crippen LogP contribution in [-0.2, 0) is 0 Å². The largest absolute Gasteiger partial charge is 0.435 e. The van der Waals surface area contributed by atoms with E-state index in [0.717, 1.165) is 5.56 Å². The minimum absolute atomic E-state index is 0.182. The number of benzene rings is 1. The quantitative estimate of drug-likeness (QED) is 0.866. The molecule has 0 amide bonds. The van der Waals surface area contributed by atoms with Crippen LogP contribution in [0.1, 0.15) is 46.2 Å². The van der Waals surface area contributed by atoms with Gasteiger partial charge in [-0.05, 0) is 35.4 Å². The summed E-state index contributed by atoms with van der Waals surface area (Å²) in [5, 5.41) is 3.62. The Morgan fingerprint density at radius 1 is 1.05 bits per heavy atom. The molecule has 0 aromatic heterocycles. The number of hydrogen-bond acceptors (Lipinski definition) is 2. The van der Waals surface area contributed by atoms with Crippen molar-refractivity contribution in [3.8, 4) is 5.75 Å². The lowest BCUT2D eigenvalue weighted by Crippen LogP contribution is -2.25. The van der Waals surface area contributed by atoms with Gasteiger partial charge in [-0.15, -0.1) is 0 Å². The van der Waals surface area contributed by atoms with E-state index in [1.807, 2.05) is 12.1 Å². The molecule has 0 heterocycles. The first-order valence-corrected chi connectivity index (χ1v) is 6.97. The molecule has 20 heavy (non-hydrogen) atoms. The number of nitrogens with one attached hydrogen (secondary N) is 1. The van der Waals surface area contributed by atoms with Crippen molar-refractivity contribution < 1.29 is 13.5 Å². The second-order valence-electron chi connectivity index (χ2n) is 6.71. The average Bonchev–Trinajstić information content (AvgIpc) is 2.72. The van der Waals surface area contributed by atoms with E-state index in [-0.39, 0.29) is 22.6 Å². The topological polar surface area (TPSA) is 21.3 Å². The van der Waals surface area contributed by atoms with E-state index < -0.39 is 6.61 Å². The summed E-state index contributed by atoms with van der Waals surface area (Å²) in [7, 11) is 0. The molecule has 1 atom stereocenters. The lowest BCUT2D eigenvalue weighted by Gasteiger charge is -2.16. The van der Waals surface area contributed by atoms with Crippen molar-refractivity contribution in [2.75, 3.05) is 0 Å². The lowest BCUT2D eigenvalue weighted by atomic mass is 10.0. The van der Waals surface area contributed by atoms with Gasteiger partial charge in [0.1, 0.15) is 5.75 Å². The molecule has 1 N–H and O–H groups in total. The predicted octanol–water partition coefficient (Wildman–Crippen LogP) is 4.37. The Bertz CT molecular complexity index is 454. The van der Waals surface area contributed by atoms with Crippen LogP contribution in [0.4, 0.5) is 8.78 Å². The van der Waals surface area contributed by atoms with Gasteiger partial charge in [-0.1, -0.05) is 39.8 Å². The Labute approximate surface area is 119 Å². The van der Waals surface area contributed by atoms with Crippen LogP contribution in [0.3, 0.4) is 0 Å². The maximum atomic E-state index is 12.1. The zero-order chi connectivity index (χ0) is 15.1. The van der Waals surface area contributed by atoms with Crippen molar-refractivity contribution in [2.45, 2.75) is 53.3 Å². The zero-order valence-electron chi connectivity index (χ0n) is 12.7. The average molecular weight is 283 g/mol. The third kappa shape index (κ3) is 2.66. The molecule has 1 aliphatic rings. The number of halogens is 2. The Balaban J connectivity index is 1.99. The second kappa shape index (κ2) is 4.99. The van der Waals surface area contributed by atoms with E-state index in [0.29, 0.717) is 6.04 Å². The standard InChI is InChI=1S/C16H23F2NO/c1-10(19-13-15(2,3)16(13,4)5)11-6-8-12(9-7-11)20-14(17)18/h6-10,13-14,19H,1-5H3. The van der Waals surface area contributed by atoms with Crippen LogP contribution in [0.15, 0.2) is 24.3 Å². The van der Waals surface area contributed by atoms with Gasteiger partial charge >= 0.3 is 6.61 Å². The van der Waals surface area contributed by atoms with Gasteiger partial charge in [0.2, 0.25) is 0 Å². The maximum Gasteiger partial charge on any atom is 0.387 e. The van der Waals surface area contributed by atoms with Crippen molar-refractivity contribution in [3.05, 3.63) is 29.8 Å². The monoisotopic (exact) mass is 283 g/mol. The van der Waals surface area contributed by atoms with Crippen LogP contribution in [-0.4, -0.2) is 12.7 Å². The summed E-state index contributed by atoms with van der Waals surface area (Å²) < 4.78 is 28.5. The minimum atomic E-state index is -2.77. The van der Waals surface area contributed by atoms with Crippen LogP contribution in [0.5, 0.6) is 5.75 Å². The van der Waals surface area contributed by atoms with E-state index in [4.69, 9.17) is 0 Å². The van der Waals surface area contributed by atoms with Crippen LogP contribution in [0, 0.1) is 10.8 Å². The molecule has 4 heteroatoms. The van der Waals surface area contributed by atoms with Crippen molar-refractivity contribution in [1.29, 1.82) is 0 Å². The molecule has 2 nitrogen and oxygen atoms in total. The summed E-state index contributed by atoms with van der Waals surface area (Å²) in [5.74, 6) is 0.197. The molecule has 1 aliphatic carbocycles. The van der Waals surface area contributed by atoms with Crippen molar-refractivity contribution >= 4 is 0 Å². The summed E-state index contributed by atoms with van der Waals surface area (Å²) in [6, 6.07) is 7.48. The van der Waals surface area contributed by atoms with Gasteiger partial charge in [0, 0.05) is 12.1 Å². The Morgan fingerprint density at radius 3 is 1.95 bits per heavy atom. The molecule has 1 saturated carbocycles. The molecule has 1 fully saturated rings. The van der Waals surface area contributed by atoms with Gasteiger partial charge in [0.25, 0.3) is 0 Å². The molecular weight excluding hydrogens is 260 g/mol. The lowest BCUT2D eigenvalue weighted by molar-refractivity contribution is -0.0498. The second-order valence-corrected chi connectivity index (χ2v) is 6.71. The first kappa shape index (κ1) is 15.2. The van der Waals surface area contributed by atoms with Crippen molar-refractivity contribution in [2.24, 2.45) is 10.8 Å². The van der Waals surface area contributed by atoms with E-state index >= 15 is 0 Å². The molecular formula is C16H23F2NO. The summed E-state index contributed by atoms with van der Waals surface area (Å²) >= 11 is 0. The van der Waals surface area contributed by atoms with Crippen LogP contribution in [0.2, 0.25) is 0 Å². The molecule has 0 aliphatic heterocycles. The fraction of sp³-hybridized carbons (Fsp3) is 0.625. The molecule has 1 aromatic carbocycles.